The SMILES string of the molecule is CC(C)C[C@H](N)C(=O)N1CCC[C@H]1C(=O)N[C@@H](CCC(=O)O)C(=O)N[C@H](C(=O)NCC=O)[C@@H](C)O.O. The summed E-state index contributed by atoms with van der Waals surface area (Å²) >= 11 is 0. The molecule has 0 aromatic carbocycles. The smallest absolute Gasteiger partial charge is 0.303 e. The fourth-order valence-electron chi connectivity index (χ4n) is 3.84. The number of carboxylic acid groups (broad SMARTS) is 1. The van der Waals surface area contributed by atoms with Crippen LogP contribution in [-0.2, 0) is 28.8 Å². The molecule has 9 N–H and O–H groups in total. The Balaban J connectivity index is 0.0000122. The van der Waals surface area contributed by atoms with Crippen LogP contribution in [0.2, 0.25) is 0 Å². The largest absolute Gasteiger partial charge is 0.481 e. The van der Waals surface area contributed by atoms with E-state index in [1.807, 2.05) is 13.8 Å². The van der Waals surface area contributed by atoms with Crippen molar-refractivity contribution in [3.8, 4) is 0 Å². The van der Waals surface area contributed by atoms with Gasteiger partial charge in [0.05, 0.1) is 18.7 Å². The Morgan fingerprint density at radius 2 is 1.75 bits per heavy atom. The third kappa shape index (κ3) is 10.3. The van der Waals surface area contributed by atoms with Gasteiger partial charge in [0.25, 0.3) is 0 Å². The molecule has 1 aliphatic heterocycles. The summed E-state index contributed by atoms with van der Waals surface area (Å²) in [5, 5.41) is 25.9. The highest BCUT2D eigenvalue weighted by molar-refractivity contribution is 5.95. The molecule has 1 rings (SSSR count). The lowest BCUT2D eigenvalue weighted by molar-refractivity contribution is -0.141. The van der Waals surface area contributed by atoms with Gasteiger partial charge in [-0.05, 0) is 38.5 Å². The van der Waals surface area contributed by atoms with Gasteiger partial charge >= 0.3 is 5.97 Å². The number of aldehydes is 1. The minimum absolute atomic E-state index is 0. The second-order valence-electron chi connectivity index (χ2n) is 9.06. The normalized spacial score (nSPS) is 18.3. The van der Waals surface area contributed by atoms with Crippen molar-refractivity contribution in [3.05, 3.63) is 0 Å². The van der Waals surface area contributed by atoms with Crippen LogP contribution in [0.25, 0.3) is 0 Å². The quantitative estimate of drug-likeness (QED) is 0.129. The van der Waals surface area contributed by atoms with Crippen molar-refractivity contribution in [2.75, 3.05) is 13.1 Å². The molecule has 5 atom stereocenters. The molecule has 14 nitrogen and oxygen atoms in total. The molecule has 1 heterocycles. The Labute approximate surface area is 209 Å². The fraction of sp³-hybridized carbons (Fsp3) is 0.727. The van der Waals surface area contributed by atoms with Gasteiger partial charge in [0.2, 0.25) is 23.6 Å². The zero-order valence-electron chi connectivity index (χ0n) is 20.9. The molecule has 0 aliphatic carbocycles. The average Bonchev–Trinajstić information content (AvgIpc) is 3.26. The number of nitrogens with one attached hydrogen (secondary N) is 3. The third-order valence-corrected chi connectivity index (χ3v) is 5.58. The molecule has 0 bridgehead atoms. The fourth-order valence-corrected chi connectivity index (χ4v) is 3.84. The van der Waals surface area contributed by atoms with E-state index in [0.717, 1.165) is 0 Å². The number of amides is 4. The lowest BCUT2D eigenvalue weighted by Gasteiger charge is -2.29. The summed E-state index contributed by atoms with van der Waals surface area (Å²) in [6.45, 7) is 5.09. The minimum atomic E-state index is -1.44. The van der Waals surface area contributed by atoms with Crippen LogP contribution in [0.4, 0.5) is 0 Å². The molecule has 1 aliphatic rings. The number of rotatable bonds is 14. The van der Waals surface area contributed by atoms with E-state index in [2.05, 4.69) is 16.0 Å². The van der Waals surface area contributed by atoms with Gasteiger partial charge in [-0.15, -0.1) is 0 Å². The average molecular weight is 518 g/mol. The Morgan fingerprint density at radius 3 is 2.28 bits per heavy atom. The highest BCUT2D eigenvalue weighted by Crippen LogP contribution is 2.20. The molecule has 206 valence electrons. The van der Waals surface area contributed by atoms with Gasteiger partial charge in [0.15, 0.2) is 0 Å². The number of likely N-dealkylation sites (tertiary alicyclic amines) is 1. The number of carbonyl (C=O) groups is 6. The molecular weight excluding hydrogens is 478 g/mol. The Kier molecular flexibility index (Phi) is 14.4. The van der Waals surface area contributed by atoms with Crippen LogP contribution in [0.15, 0.2) is 0 Å². The van der Waals surface area contributed by atoms with E-state index in [9.17, 15) is 33.9 Å². The number of aliphatic carboxylic acids is 1. The van der Waals surface area contributed by atoms with Crippen LogP contribution in [0.1, 0.15) is 52.9 Å². The van der Waals surface area contributed by atoms with Crippen molar-refractivity contribution < 1.29 is 44.5 Å². The number of hydrogen-bond donors (Lipinski definition) is 6. The number of nitrogens with two attached hydrogens (primary N) is 1. The number of hydrogen-bond acceptors (Lipinski definition) is 8. The predicted molar refractivity (Wildman–Crippen MR) is 127 cm³/mol. The van der Waals surface area contributed by atoms with Crippen LogP contribution in [0.5, 0.6) is 0 Å². The first-order valence-corrected chi connectivity index (χ1v) is 11.7. The van der Waals surface area contributed by atoms with Crippen LogP contribution in [-0.4, -0.2) is 99.8 Å². The molecule has 1 saturated heterocycles. The maximum absolute atomic E-state index is 13.0. The molecular formula is C22H39N5O9. The van der Waals surface area contributed by atoms with Gasteiger partial charge in [-0.25, -0.2) is 0 Å². The van der Waals surface area contributed by atoms with Crippen LogP contribution in [0, 0.1) is 5.92 Å². The van der Waals surface area contributed by atoms with Crippen molar-refractivity contribution in [1.29, 1.82) is 0 Å². The number of aliphatic hydroxyl groups is 1. The summed E-state index contributed by atoms with van der Waals surface area (Å²) in [5.41, 5.74) is 6.00. The Morgan fingerprint density at radius 1 is 1.11 bits per heavy atom. The van der Waals surface area contributed by atoms with E-state index in [-0.39, 0.29) is 30.3 Å². The first-order valence-electron chi connectivity index (χ1n) is 11.7. The van der Waals surface area contributed by atoms with E-state index in [0.29, 0.717) is 32.1 Å². The van der Waals surface area contributed by atoms with Crippen molar-refractivity contribution in [1.82, 2.24) is 20.9 Å². The van der Waals surface area contributed by atoms with Crippen molar-refractivity contribution >= 4 is 35.9 Å². The number of aliphatic hydroxyl groups excluding tert-OH is 1. The first-order chi connectivity index (χ1) is 16.4. The van der Waals surface area contributed by atoms with E-state index in [1.54, 1.807) is 0 Å². The third-order valence-electron chi connectivity index (χ3n) is 5.58. The molecule has 4 amide bonds. The summed E-state index contributed by atoms with van der Waals surface area (Å²) in [6.07, 6.45) is -0.303. The molecule has 0 unspecified atom stereocenters. The molecule has 0 saturated carbocycles. The number of carbonyl (C=O) groups excluding carboxylic acids is 5. The minimum Gasteiger partial charge on any atom is -0.481 e. The summed E-state index contributed by atoms with van der Waals surface area (Å²) in [7, 11) is 0. The topological polar surface area (TPSA) is 240 Å². The number of nitrogens with zero attached hydrogens (tertiary/aromatic N) is 1. The van der Waals surface area contributed by atoms with Crippen molar-refractivity contribution in [2.45, 2.75) is 83.1 Å². The van der Waals surface area contributed by atoms with E-state index < -0.39 is 60.4 Å². The molecule has 0 radical (unpaired) electrons. The van der Waals surface area contributed by atoms with Gasteiger partial charge in [-0.1, -0.05) is 13.8 Å². The molecule has 0 aromatic heterocycles. The van der Waals surface area contributed by atoms with Crippen molar-refractivity contribution in [3.63, 3.8) is 0 Å². The van der Waals surface area contributed by atoms with E-state index in [4.69, 9.17) is 10.8 Å². The Hall–Kier alpha value is -3.10. The highest BCUT2D eigenvalue weighted by atomic mass is 16.4. The zero-order valence-corrected chi connectivity index (χ0v) is 20.9. The lowest BCUT2D eigenvalue weighted by atomic mass is 10.0. The number of carboxylic acids is 1. The Bertz CT molecular complexity index is 790. The maximum Gasteiger partial charge on any atom is 0.303 e. The van der Waals surface area contributed by atoms with Crippen molar-refractivity contribution in [2.24, 2.45) is 11.7 Å². The summed E-state index contributed by atoms with van der Waals surface area (Å²) in [6, 6.07) is -4.43. The molecule has 36 heavy (non-hydrogen) atoms. The molecule has 0 aromatic rings. The summed E-state index contributed by atoms with van der Waals surface area (Å²) in [4.78, 5) is 73.8. The lowest BCUT2D eigenvalue weighted by Crippen LogP contribution is -2.59. The zero-order chi connectivity index (χ0) is 26.7. The van der Waals surface area contributed by atoms with Gasteiger partial charge in [-0.2, -0.15) is 0 Å². The molecule has 1 fully saturated rings. The van der Waals surface area contributed by atoms with Crippen LogP contribution < -0.4 is 21.7 Å². The molecule has 14 heteroatoms. The van der Waals surface area contributed by atoms with Crippen LogP contribution in [0.3, 0.4) is 0 Å². The molecule has 0 spiro atoms. The summed E-state index contributed by atoms with van der Waals surface area (Å²) < 4.78 is 0. The second kappa shape index (κ2) is 15.8. The standard InChI is InChI=1S/C22H37N5O8.H2O/c1-12(2)11-14(23)22(35)27-9-4-5-16(27)20(33)25-15(6-7-17(30)31)19(32)26-18(13(3)29)21(34)24-8-10-28;/h10,12-16,18,29H,4-9,11,23H2,1-3H3,(H,24,34)(H,25,33)(H,26,32)(H,30,31);1H2/t13-,14+,15+,16+,18+;/m1./s1. The van der Waals surface area contributed by atoms with Gasteiger partial charge in [0, 0.05) is 13.0 Å². The first kappa shape index (κ1) is 32.9. The van der Waals surface area contributed by atoms with Crippen LogP contribution >= 0.6 is 0 Å². The van der Waals surface area contributed by atoms with E-state index in [1.165, 1.54) is 11.8 Å². The van der Waals surface area contributed by atoms with E-state index >= 15 is 0 Å². The highest BCUT2D eigenvalue weighted by Gasteiger charge is 2.38. The second-order valence-corrected chi connectivity index (χ2v) is 9.06. The predicted octanol–water partition coefficient (Wildman–Crippen LogP) is -2.94. The van der Waals surface area contributed by atoms with Gasteiger partial charge in [-0.3, -0.25) is 24.0 Å². The van der Waals surface area contributed by atoms with Gasteiger partial charge < -0.3 is 47.1 Å². The monoisotopic (exact) mass is 517 g/mol. The summed E-state index contributed by atoms with van der Waals surface area (Å²) in [5.74, 6) is -3.75. The maximum atomic E-state index is 13.0. The van der Waals surface area contributed by atoms with Gasteiger partial charge in [0.1, 0.15) is 24.4 Å².